The van der Waals surface area contributed by atoms with E-state index in [0.717, 1.165) is 0 Å². The summed E-state index contributed by atoms with van der Waals surface area (Å²) in [6, 6.07) is 0. The molecule has 0 aromatic heterocycles. The minimum Gasteiger partial charge on any atom is -0.352 e. The zero-order valence-electron chi connectivity index (χ0n) is 3.00. The third-order valence-electron chi connectivity index (χ3n) is 0. The third kappa shape index (κ3) is 7320. The summed E-state index contributed by atoms with van der Waals surface area (Å²) < 4.78 is 0. The molecule has 1 nitrogen and oxygen atoms in total. The molecule has 24 valence electrons. The van der Waals surface area contributed by atoms with Gasteiger partial charge in [0.25, 0.3) is 0 Å². The molecule has 0 aromatic carbocycles. The normalized spacial score (nSPS) is 6.50. The smallest absolute Gasteiger partial charge is 0.110 e. The lowest BCUT2D eigenvalue weighted by atomic mass is 11.9. The van der Waals surface area contributed by atoms with Crippen LogP contribution in [-0.2, 0) is 0 Å². The van der Waals surface area contributed by atoms with Crippen molar-refractivity contribution < 1.29 is 0 Å². The molecular weight excluding hydrogens is 66.1 g/mol. The molecule has 0 atom stereocenters. The van der Waals surface area contributed by atoms with Crippen LogP contribution < -0.4 is 0 Å². The molecule has 0 saturated heterocycles. The highest BCUT2D eigenvalue weighted by Crippen LogP contribution is 1.51. The van der Waals surface area contributed by atoms with Crippen LogP contribution in [0.5, 0.6) is 0 Å². The van der Waals surface area contributed by atoms with Gasteiger partial charge in [0, 0.05) is 0 Å². The van der Waals surface area contributed by atoms with E-state index < -0.39 is 8.59 Å². The Bertz CT molecular complexity index is 29.0. The summed E-state index contributed by atoms with van der Waals surface area (Å²) in [5.74, 6) is 0. The maximum Gasteiger partial charge on any atom is 0.110 e. The van der Waals surface area contributed by atoms with Gasteiger partial charge in [-0.1, -0.05) is 0 Å². The van der Waals surface area contributed by atoms with Crippen molar-refractivity contribution in [2.45, 2.75) is 13.1 Å². The Morgan fingerprint density at radius 3 is 1.50 bits per heavy atom. The molecule has 2 heteroatoms. The van der Waals surface area contributed by atoms with E-state index in [1.54, 1.807) is 0 Å². The van der Waals surface area contributed by atoms with Crippen LogP contribution in [-0.4, -0.2) is 8.59 Å². The van der Waals surface area contributed by atoms with Crippen molar-refractivity contribution in [3.63, 3.8) is 0 Å². The van der Waals surface area contributed by atoms with Crippen LogP contribution in [0.15, 0.2) is 0 Å². The summed E-state index contributed by atoms with van der Waals surface area (Å²) in [7, 11) is -0.630. The lowest BCUT2D eigenvalue weighted by molar-refractivity contribution is 1.55. The molecule has 0 rings (SSSR count). The van der Waals surface area contributed by atoms with E-state index in [0.29, 0.717) is 0 Å². The Balaban J connectivity index is 2.80. The molecule has 0 aliphatic rings. The van der Waals surface area contributed by atoms with Gasteiger partial charge >= 0.3 is 0 Å². The molecule has 0 aliphatic heterocycles. The quantitative estimate of drug-likeness (QED) is 0.415. The summed E-state index contributed by atoms with van der Waals surface area (Å²) in [6.07, 6.45) is 0. The van der Waals surface area contributed by atoms with Gasteiger partial charge in [-0.15, -0.1) is 0 Å². The maximum absolute atomic E-state index is 6.69. The highest BCUT2D eigenvalue weighted by molar-refractivity contribution is 6.40. The van der Waals surface area contributed by atoms with Gasteiger partial charge in [-0.05, 0) is 13.1 Å². The predicted molar refractivity (Wildman–Crippen MR) is 20.2 cm³/mol. The van der Waals surface area contributed by atoms with E-state index in [2.05, 4.69) is 0 Å². The van der Waals surface area contributed by atoms with Crippen LogP contribution >= 0.6 is 0 Å². The van der Waals surface area contributed by atoms with Crippen LogP contribution in [0.1, 0.15) is 0 Å². The Morgan fingerprint density at radius 1 is 1.50 bits per heavy atom. The molecule has 0 bridgehead atoms. The molecule has 0 fully saturated rings. The summed E-state index contributed by atoms with van der Waals surface area (Å²) in [5, 5.41) is 6.69. The predicted octanol–water partition coefficient (Wildman–Crippen LogP) is 1.08. The zero-order valence-corrected chi connectivity index (χ0v) is 4.00. The first-order valence-electron chi connectivity index (χ1n) is 1.25. The number of rotatable bonds is 0. The zero-order chi connectivity index (χ0) is 3.58. The summed E-state index contributed by atoms with van der Waals surface area (Å²) in [4.78, 5) is 0. The van der Waals surface area contributed by atoms with Crippen LogP contribution in [0.2, 0.25) is 13.1 Å². The second kappa shape index (κ2) is 1.35. The third-order valence-corrected chi connectivity index (χ3v) is 0. The van der Waals surface area contributed by atoms with Gasteiger partial charge < -0.3 is 5.05 Å². The number of nitrogens with one attached hydrogen (secondary N) is 1. The largest absolute Gasteiger partial charge is 0.352 e. The van der Waals surface area contributed by atoms with Crippen LogP contribution in [0.25, 0.3) is 0 Å². The number of hydrogen-bond donors (Lipinski definition) is 1. The topological polar surface area (TPSA) is 23.9 Å². The molecule has 0 unspecified atom stereocenters. The van der Waals surface area contributed by atoms with Crippen molar-refractivity contribution >= 4 is 8.59 Å². The van der Waals surface area contributed by atoms with E-state index in [1.807, 2.05) is 13.1 Å². The van der Waals surface area contributed by atoms with E-state index in [9.17, 15) is 0 Å². The minimum atomic E-state index is -0.630. The summed E-state index contributed by atoms with van der Waals surface area (Å²) in [6.45, 7) is 3.87. The van der Waals surface area contributed by atoms with E-state index >= 15 is 0 Å². The lowest BCUT2D eigenvalue weighted by Crippen LogP contribution is -1.70. The molecule has 0 saturated carbocycles. The van der Waals surface area contributed by atoms with Gasteiger partial charge in [-0.3, -0.25) is 0 Å². The SMILES string of the molecule is C[Si](C)=N. The van der Waals surface area contributed by atoms with E-state index in [1.165, 1.54) is 0 Å². The molecule has 0 spiro atoms. The fourth-order valence-corrected chi connectivity index (χ4v) is 0. The standard InChI is InChI=1S/C2H7NSi/c1-4(2)3/h3H,1-2H3. The van der Waals surface area contributed by atoms with Gasteiger partial charge in [-0.25, -0.2) is 0 Å². The Kier molecular flexibility index (Phi) is 1.35. The monoisotopic (exact) mass is 73.0 g/mol. The van der Waals surface area contributed by atoms with Crippen molar-refractivity contribution in [2.75, 3.05) is 0 Å². The van der Waals surface area contributed by atoms with Gasteiger partial charge in [0.05, 0.1) is 0 Å². The van der Waals surface area contributed by atoms with E-state index in [4.69, 9.17) is 5.05 Å². The Labute approximate surface area is 27.8 Å². The van der Waals surface area contributed by atoms with Crippen LogP contribution in [0.4, 0.5) is 0 Å². The molecule has 0 aromatic rings. The fraction of sp³-hybridized carbons (Fsp3) is 1.00. The summed E-state index contributed by atoms with van der Waals surface area (Å²) >= 11 is 0. The molecule has 0 amide bonds. The number of hydrogen-bond acceptors (Lipinski definition) is 1. The second-order valence-corrected chi connectivity index (χ2v) is 3.00. The molecule has 0 radical (unpaired) electrons. The van der Waals surface area contributed by atoms with E-state index in [-0.39, 0.29) is 0 Å². The maximum atomic E-state index is 6.69. The molecule has 0 heterocycles. The van der Waals surface area contributed by atoms with Crippen molar-refractivity contribution in [3.8, 4) is 0 Å². The molecule has 4 heavy (non-hydrogen) atoms. The van der Waals surface area contributed by atoms with Crippen molar-refractivity contribution in [1.29, 1.82) is 5.05 Å². The lowest BCUT2D eigenvalue weighted by Gasteiger charge is -1.59. The highest BCUT2D eigenvalue weighted by atomic mass is 28.2. The van der Waals surface area contributed by atoms with Gasteiger partial charge in [-0.2, -0.15) is 0 Å². The molecular formula is C2H7NSi. The Hall–Kier alpha value is 0.0169. The second-order valence-electron chi connectivity index (χ2n) is 1.00. The van der Waals surface area contributed by atoms with Crippen LogP contribution in [0, 0.1) is 5.05 Å². The Morgan fingerprint density at radius 2 is 1.50 bits per heavy atom. The van der Waals surface area contributed by atoms with Crippen molar-refractivity contribution in [2.24, 2.45) is 0 Å². The molecule has 0 aliphatic carbocycles. The first kappa shape index (κ1) is 4.02. The average molecular weight is 73.2 g/mol. The summed E-state index contributed by atoms with van der Waals surface area (Å²) in [5.41, 5.74) is 0. The van der Waals surface area contributed by atoms with Crippen molar-refractivity contribution in [3.05, 3.63) is 0 Å². The fourth-order valence-electron chi connectivity index (χ4n) is 0. The minimum absolute atomic E-state index is 0.630. The van der Waals surface area contributed by atoms with Gasteiger partial charge in [0.2, 0.25) is 0 Å². The molecule has 1 N–H and O–H groups in total. The van der Waals surface area contributed by atoms with Crippen LogP contribution in [0.3, 0.4) is 0 Å². The van der Waals surface area contributed by atoms with Crippen molar-refractivity contribution in [1.82, 2.24) is 0 Å². The average Bonchev–Trinajstić information content (AvgIpc) is 0.811. The highest BCUT2D eigenvalue weighted by Gasteiger charge is 1.59. The first-order valence-corrected chi connectivity index (χ1v) is 3.75. The first-order chi connectivity index (χ1) is 1.73. The van der Waals surface area contributed by atoms with Gasteiger partial charge in [0.1, 0.15) is 8.59 Å². The van der Waals surface area contributed by atoms with Gasteiger partial charge in [0.15, 0.2) is 0 Å².